The Hall–Kier alpha value is -1.85. The number of rotatable bonds is 8. The van der Waals surface area contributed by atoms with Crippen LogP contribution >= 0.6 is 0 Å². The molecule has 6 heteroatoms. The van der Waals surface area contributed by atoms with Crippen LogP contribution in [0.2, 0.25) is 0 Å². The molecule has 6 nitrogen and oxygen atoms in total. The Morgan fingerprint density at radius 2 is 2.07 bits per heavy atom. The van der Waals surface area contributed by atoms with E-state index in [1.54, 1.807) is 4.68 Å². The molecule has 2 bridgehead atoms. The summed E-state index contributed by atoms with van der Waals surface area (Å²) in [5.74, 6) is 1.27. The van der Waals surface area contributed by atoms with Crippen molar-refractivity contribution in [1.82, 2.24) is 20.0 Å². The summed E-state index contributed by atoms with van der Waals surface area (Å²) in [6.07, 6.45) is 12.7. The summed E-state index contributed by atoms with van der Waals surface area (Å²) in [6.45, 7) is 5.07. The highest BCUT2D eigenvalue weighted by atomic mass is 16.2. The molecule has 0 aromatic carbocycles. The van der Waals surface area contributed by atoms with E-state index in [9.17, 15) is 9.59 Å². The number of aromatic nitrogens is 2. The standard InChI is InChI=1S/C23H36N4O2/c1-16(2)9-11-23(22(29)24-12-10-17-14-25-26(3)15-17)13-19-7-8-20(23)27(19)21(28)18-5-4-6-18/h14-16,18-20H,4-13H2,1-3H3,(H,24,29)/t19-,20+,23+/m1/s1. The van der Waals surface area contributed by atoms with E-state index in [-0.39, 0.29) is 23.9 Å². The molecule has 2 saturated heterocycles. The highest BCUT2D eigenvalue weighted by molar-refractivity contribution is 5.88. The van der Waals surface area contributed by atoms with Crippen molar-refractivity contribution in [3.8, 4) is 0 Å². The number of amides is 2. The Morgan fingerprint density at radius 1 is 1.28 bits per heavy atom. The van der Waals surface area contributed by atoms with Crippen LogP contribution in [-0.4, -0.2) is 45.1 Å². The van der Waals surface area contributed by atoms with Crippen LogP contribution in [0.5, 0.6) is 0 Å². The third-order valence-electron chi connectivity index (χ3n) is 7.53. The van der Waals surface area contributed by atoms with E-state index in [0.29, 0.717) is 18.4 Å². The van der Waals surface area contributed by atoms with Gasteiger partial charge in [-0.2, -0.15) is 5.10 Å². The zero-order chi connectivity index (χ0) is 20.6. The molecule has 4 rings (SSSR count). The molecule has 3 fully saturated rings. The predicted molar refractivity (Wildman–Crippen MR) is 112 cm³/mol. The van der Waals surface area contributed by atoms with Gasteiger partial charge in [0.15, 0.2) is 0 Å². The molecule has 2 aliphatic heterocycles. The first-order valence-electron chi connectivity index (χ1n) is 11.5. The molecule has 3 aliphatic rings. The number of hydrogen-bond donors (Lipinski definition) is 1. The van der Waals surface area contributed by atoms with Crippen LogP contribution in [0.1, 0.15) is 70.8 Å². The Bertz CT molecular complexity index is 754. The first-order chi connectivity index (χ1) is 13.9. The van der Waals surface area contributed by atoms with Crippen LogP contribution < -0.4 is 5.32 Å². The van der Waals surface area contributed by atoms with Gasteiger partial charge < -0.3 is 10.2 Å². The van der Waals surface area contributed by atoms with Gasteiger partial charge >= 0.3 is 0 Å². The lowest BCUT2D eigenvalue weighted by atomic mass is 9.69. The zero-order valence-corrected chi connectivity index (χ0v) is 18.2. The third-order valence-corrected chi connectivity index (χ3v) is 7.53. The average Bonchev–Trinajstić information content (AvgIpc) is 3.31. The number of carbonyl (C=O) groups is 2. The molecule has 1 aromatic rings. The maximum atomic E-state index is 13.5. The first kappa shape index (κ1) is 20.4. The molecule has 3 atom stereocenters. The van der Waals surface area contributed by atoms with Crippen LogP contribution in [0.15, 0.2) is 12.4 Å². The molecule has 160 valence electrons. The van der Waals surface area contributed by atoms with Crippen LogP contribution in [0, 0.1) is 17.3 Å². The van der Waals surface area contributed by atoms with Crippen molar-refractivity contribution >= 4 is 11.8 Å². The lowest BCUT2D eigenvalue weighted by Gasteiger charge is -2.38. The van der Waals surface area contributed by atoms with Gasteiger partial charge in [-0.25, -0.2) is 0 Å². The molecule has 1 aromatic heterocycles. The lowest BCUT2D eigenvalue weighted by molar-refractivity contribution is -0.142. The maximum Gasteiger partial charge on any atom is 0.228 e. The van der Waals surface area contributed by atoms with Crippen LogP contribution in [0.25, 0.3) is 0 Å². The van der Waals surface area contributed by atoms with Gasteiger partial charge in [-0.3, -0.25) is 14.3 Å². The van der Waals surface area contributed by atoms with E-state index in [0.717, 1.165) is 56.9 Å². The number of carbonyl (C=O) groups excluding carboxylic acids is 2. The normalized spacial score (nSPS) is 28.8. The Kier molecular flexibility index (Phi) is 5.71. The number of fused-ring (bicyclic) bond motifs is 2. The van der Waals surface area contributed by atoms with Crippen molar-refractivity contribution in [3.63, 3.8) is 0 Å². The van der Waals surface area contributed by atoms with Gasteiger partial charge in [0.2, 0.25) is 11.8 Å². The topological polar surface area (TPSA) is 67.2 Å². The van der Waals surface area contributed by atoms with E-state index in [4.69, 9.17) is 0 Å². The van der Waals surface area contributed by atoms with E-state index in [1.807, 2.05) is 19.4 Å². The van der Waals surface area contributed by atoms with Crippen LogP contribution in [0.3, 0.4) is 0 Å². The van der Waals surface area contributed by atoms with Crippen molar-refractivity contribution in [3.05, 3.63) is 18.0 Å². The summed E-state index contributed by atoms with van der Waals surface area (Å²) in [5, 5.41) is 7.44. The van der Waals surface area contributed by atoms with Gasteiger partial charge in [-0.05, 0) is 62.8 Å². The number of aryl methyl sites for hydroxylation is 1. The summed E-state index contributed by atoms with van der Waals surface area (Å²) in [5.41, 5.74) is 0.736. The Morgan fingerprint density at radius 3 is 2.69 bits per heavy atom. The smallest absolute Gasteiger partial charge is 0.228 e. The number of hydrogen-bond acceptors (Lipinski definition) is 3. The fourth-order valence-electron chi connectivity index (χ4n) is 5.65. The minimum Gasteiger partial charge on any atom is -0.355 e. The van der Waals surface area contributed by atoms with Crippen molar-refractivity contribution < 1.29 is 9.59 Å². The fraction of sp³-hybridized carbons (Fsp3) is 0.783. The molecule has 1 saturated carbocycles. The average molecular weight is 401 g/mol. The highest BCUT2D eigenvalue weighted by Crippen LogP contribution is 2.54. The molecule has 0 spiro atoms. The van der Waals surface area contributed by atoms with Crippen LogP contribution in [-0.2, 0) is 23.1 Å². The summed E-state index contributed by atoms with van der Waals surface area (Å²) in [6, 6.07) is 0.363. The van der Waals surface area contributed by atoms with Crippen molar-refractivity contribution in [2.75, 3.05) is 6.54 Å². The van der Waals surface area contributed by atoms with Crippen LogP contribution in [0.4, 0.5) is 0 Å². The number of nitrogens with zero attached hydrogens (tertiary/aromatic N) is 3. The van der Waals surface area contributed by atoms with E-state index < -0.39 is 5.41 Å². The summed E-state index contributed by atoms with van der Waals surface area (Å²) >= 11 is 0. The fourth-order valence-corrected chi connectivity index (χ4v) is 5.65. The molecule has 29 heavy (non-hydrogen) atoms. The first-order valence-corrected chi connectivity index (χ1v) is 11.5. The van der Waals surface area contributed by atoms with Crippen molar-refractivity contribution in [2.24, 2.45) is 24.3 Å². The quantitative estimate of drug-likeness (QED) is 0.729. The zero-order valence-electron chi connectivity index (χ0n) is 18.2. The predicted octanol–water partition coefficient (Wildman–Crippen LogP) is 3.06. The molecule has 3 heterocycles. The molecule has 1 aliphatic carbocycles. The highest BCUT2D eigenvalue weighted by Gasteiger charge is 2.61. The Balaban J connectivity index is 1.46. The van der Waals surface area contributed by atoms with E-state index in [1.165, 1.54) is 6.42 Å². The van der Waals surface area contributed by atoms with Gasteiger partial charge in [-0.1, -0.05) is 20.3 Å². The van der Waals surface area contributed by atoms with E-state index in [2.05, 4.69) is 29.2 Å². The van der Waals surface area contributed by atoms with Gasteiger partial charge in [0, 0.05) is 37.8 Å². The molecule has 0 unspecified atom stereocenters. The third kappa shape index (κ3) is 3.82. The molecule has 0 radical (unpaired) electrons. The minimum atomic E-state index is -0.401. The van der Waals surface area contributed by atoms with Crippen molar-refractivity contribution in [2.45, 2.75) is 83.7 Å². The minimum absolute atomic E-state index is 0.0951. The molecular formula is C23H36N4O2. The second-order valence-electron chi connectivity index (χ2n) is 9.94. The molecular weight excluding hydrogens is 364 g/mol. The second-order valence-corrected chi connectivity index (χ2v) is 9.94. The lowest BCUT2D eigenvalue weighted by Crippen LogP contribution is -2.51. The summed E-state index contributed by atoms with van der Waals surface area (Å²) in [7, 11) is 1.91. The molecule has 2 amide bonds. The summed E-state index contributed by atoms with van der Waals surface area (Å²) < 4.78 is 1.79. The monoisotopic (exact) mass is 400 g/mol. The largest absolute Gasteiger partial charge is 0.355 e. The number of nitrogens with one attached hydrogen (secondary N) is 1. The van der Waals surface area contributed by atoms with Gasteiger partial charge in [-0.15, -0.1) is 0 Å². The van der Waals surface area contributed by atoms with E-state index >= 15 is 0 Å². The maximum absolute atomic E-state index is 13.5. The van der Waals surface area contributed by atoms with Crippen molar-refractivity contribution in [1.29, 1.82) is 0 Å². The molecule has 1 N–H and O–H groups in total. The van der Waals surface area contributed by atoms with Gasteiger partial charge in [0.25, 0.3) is 0 Å². The van der Waals surface area contributed by atoms with Gasteiger partial charge in [0.1, 0.15) is 0 Å². The van der Waals surface area contributed by atoms with Gasteiger partial charge in [0.05, 0.1) is 11.6 Å². The summed E-state index contributed by atoms with van der Waals surface area (Å²) in [4.78, 5) is 28.8. The second kappa shape index (κ2) is 8.11. The SMILES string of the molecule is CC(C)CC[C@]1(C(=O)NCCc2cnn(C)c2)C[C@H]2CC[C@@H]1N2C(=O)C1CCC1. The Labute approximate surface area is 174 Å².